The number of anilines is 4. The molecule has 2 aromatic rings. The van der Waals surface area contributed by atoms with Crippen LogP contribution in [0.5, 0.6) is 0 Å². The van der Waals surface area contributed by atoms with Crippen LogP contribution in [0.25, 0.3) is 0 Å². The van der Waals surface area contributed by atoms with Crippen molar-refractivity contribution in [2.45, 2.75) is 138 Å². The monoisotopic (exact) mass is 2600 g/mol. The Bertz CT molecular complexity index is 4750. The van der Waals surface area contributed by atoms with Gasteiger partial charge in [-0.2, -0.15) is 19.8 Å². The van der Waals surface area contributed by atoms with Crippen molar-refractivity contribution in [1.82, 2.24) is 0 Å². The number of phosphoric ester groups is 3. The molecule has 10 N–H and O–H groups in total. The van der Waals surface area contributed by atoms with Crippen LogP contribution in [0.15, 0.2) is 109 Å². The largest absolute Gasteiger partial charge is 1.00 e. The molecule has 0 bridgehead atoms. The van der Waals surface area contributed by atoms with Crippen molar-refractivity contribution in [3.8, 4) is 0 Å². The molecule has 0 radical (unpaired) electrons. The number of carboxylic acid groups (broad SMARTS) is 2. The zero-order chi connectivity index (χ0) is 92.7. The average molecular weight is 2600 g/mol. The molecular weight excluding hydrogens is 2500 g/mol. The number of carbonyl (C=O) groups excluding carboxylic acids is 10. The maximum absolute atomic E-state index is 14.6. The zero-order valence-electron chi connectivity index (χ0n) is 73.7. The van der Waals surface area contributed by atoms with Crippen LogP contribution >= 0.6 is 23.5 Å². The van der Waals surface area contributed by atoms with E-state index in [0.29, 0.717) is 0 Å². The van der Waals surface area contributed by atoms with E-state index in [0.717, 1.165) is 81.4 Å². The van der Waals surface area contributed by atoms with Crippen molar-refractivity contribution in [2.24, 2.45) is 47.3 Å². The summed E-state index contributed by atoms with van der Waals surface area (Å²) in [6.07, 6.45) is 1.45. The maximum Gasteiger partial charge on any atom is 1.00 e. The van der Waals surface area contributed by atoms with Crippen molar-refractivity contribution in [2.75, 3.05) is 98.8 Å². The Hall–Kier alpha value is -2.77. The summed E-state index contributed by atoms with van der Waals surface area (Å²) in [5.74, 6) is -15.6. The van der Waals surface area contributed by atoms with E-state index in [1.807, 2.05) is 19.1 Å². The number of allylic oxidation sites excluding steroid dienone is 6. The first-order valence-corrected chi connectivity index (χ1v) is 43.8. The number of fused-ring (bicyclic) bond motifs is 2. The molecule has 14 rings (SSSR count). The minimum Gasteiger partial charge on any atom is -0.756 e. The van der Waals surface area contributed by atoms with Gasteiger partial charge in [0.05, 0.1) is 170 Å². The number of carboxylic acids is 2. The SMILES string of the molecule is O.O=C([O-])c1cc(N2C(=O)C=CC2=O)cc(N2C(=O)C=CC2=O)c1.[3H][C@@H]1C[C@@H](O)[C@@H](COP(=O)(O)O[C@@H]2C(OCC3C=CC(C)C4C(=O)N(c5cc(C(=O)[O-])cc(N6C(=O)C7C(C)C=CC(CCO[C@@H]8[CH-]O[C@H](CO)C8OP(=O)([O-])OC[C@H]8O[C@@H]([3H])CC8O)C7C6=O)c5)C(=O)C34)[CH-]O[C@@H]2CO)O1.[3H][C@H]1C[C@@H](O)[C@@H](COP(=O)(O)O[C@@H]2C(OC/C=C/C=C/C)[CH-]O[C@@H]2CO)O1.[Na+].[Na+].[U].[U].[U]. The molecule has 8 fully saturated rings. The van der Waals surface area contributed by atoms with Crippen molar-refractivity contribution in [3.63, 3.8) is 0 Å². The van der Waals surface area contributed by atoms with E-state index in [2.05, 4.69) is 0 Å². The first kappa shape index (κ1) is 112. The molecule has 8 saturated heterocycles. The molecule has 0 saturated carbocycles. The number of aliphatic hydroxyl groups excluding tert-OH is 6. The van der Waals surface area contributed by atoms with Gasteiger partial charge in [0.25, 0.3) is 31.5 Å². The van der Waals surface area contributed by atoms with Crippen molar-refractivity contribution in [1.29, 1.82) is 0 Å². The molecule has 52 heteroatoms. The Morgan fingerprint density at radius 2 is 0.847 bits per heavy atom. The molecule has 0 spiro atoms. The molecule has 29 atom stereocenters. The van der Waals surface area contributed by atoms with Gasteiger partial charge in [-0.1, -0.05) is 62.5 Å². The number of rotatable bonds is 35. The van der Waals surface area contributed by atoms with Crippen LogP contribution in [-0.4, -0.2) is 276 Å². The van der Waals surface area contributed by atoms with Crippen LogP contribution in [-0.2, 0) is 122 Å². The minimum atomic E-state index is -5.15. The smallest absolute Gasteiger partial charge is 0.756 e. The van der Waals surface area contributed by atoms with E-state index in [9.17, 15) is 117 Å². The molecule has 131 heavy (non-hydrogen) atoms. The molecule has 704 valence electrons. The molecule has 12 aliphatic rings. The summed E-state index contributed by atoms with van der Waals surface area (Å²) < 4.78 is 141. The number of hydrogen-bond acceptors (Lipinski definition) is 37. The molecule has 2 aliphatic carbocycles. The fourth-order valence-corrected chi connectivity index (χ4v) is 18.5. The van der Waals surface area contributed by atoms with E-state index in [4.69, 9.17) is 73.9 Å². The normalized spacial score (nSPS) is 34.4. The fraction of sp³-hybridized carbons (Fsp3) is 0.532. The number of imide groups is 4. The van der Waals surface area contributed by atoms with Gasteiger partial charge in [-0.15, -0.1) is 0 Å². The second-order valence-electron chi connectivity index (χ2n) is 30.3. The minimum absolute atomic E-state index is 0. The topological polar surface area (TPSA) is 636 Å². The number of aromatic carboxylic acids is 2. The van der Waals surface area contributed by atoms with Crippen molar-refractivity contribution >= 4 is 105 Å². The molecule has 8 amide bonds. The van der Waals surface area contributed by atoms with Gasteiger partial charge in [0.1, 0.15) is 18.3 Å². The second-order valence-corrected chi connectivity index (χ2v) is 34.4. The number of amides is 8. The van der Waals surface area contributed by atoms with E-state index < -0.39 is 287 Å². The van der Waals surface area contributed by atoms with E-state index in [1.54, 1.807) is 50.3 Å². The summed E-state index contributed by atoms with van der Waals surface area (Å²) in [7, 11) is -14.6. The van der Waals surface area contributed by atoms with E-state index in [1.165, 1.54) is 18.7 Å². The molecule has 44 nitrogen and oxygen atoms in total. The fourth-order valence-electron chi connectivity index (χ4n) is 15.6. The third-order valence-electron chi connectivity index (χ3n) is 22.0. The predicted molar refractivity (Wildman–Crippen MR) is 418 cm³/mol. The first-order valence-electron chi connectivity index (χ1n) is 41.1. The molecule has 15 unspecified atom stereocenters. The molecule has 10 heterocycles. The van der Waals surface area contributed by atoms with E-state index in [-0.39, 0.29) is 232 Å². The Kier molecular flexibility index (Phi) is 44.9. The Labute approximate surface area is 870 Å². The third-order valence-corrected chi connectivity index (χ3v) is 25.0. The van der Waals surface area contributed by atoms with Gasteiger partial charge in [0.2, 0.25) is 23.6 Å². The van der Waals surface area contributed by atoms with E-state index >= 15 is 0 Å². The van der Waals surface area contributed by atoms with Gasteiger partial charge in [0, 0.05) is 161 Å². The number of ether oxygens (including phenoxy) is 9. The molecule has 2 aromatic carbocycles. The Balaban J connectivity index is 0.000000402. The van der Waals surface area contributed by atoms with Crippen LogP contribution in [0.1, 0.15) is 71.3 Å². The standard InChI is InChI=1S/C48H62N2O24P2.C16H26O9P.C15H8N2O6.2Na.H2O.3U/c1-23-3-5-25(7-10-67-36-19-69-32(16-51)42(36)73-75(61,62)71-21-34-30(53)8-11-65-34)40-38(23)44(55)49(46(40)57)28-13-27(48(59)60)14-29(15-28)50-45(56)39-24(2)4-6-26(41(39)47(50)58)18-68-37-20-70-33(17-52)43(37)74-76(63,64)72-22-35-31(54)9-12-66-35;1-2-3-4-5-7-21-15-10-23-13(9-17)16(15)25-26(19,20)24-11-14-12(18)6-8-22-14;18-11-1-2-12(19)16(11)9-5-8(15(22)23)6-10(7-9)17-13(20)3-4-14(17)21;;;;;;/h3-6,13-15,19-20,23-26,30-43,51-54H,7-12,16-18,21-22H2,1-2H3,(H,59,60)(H,61,62)(H,63,64);2-5,10,12-18H,6-9,11H2,1H3,(H,19,20);1-7H,(H,22,23);;;1H2;;;/q-2;-1;;2*+1;;;;/p-3/b;3-2+,5-4+;;;;;;;/t23?,24?,25?,26?,30?,31-,32-,33-,34-,35-,36-,37?,38?,39?,40?,41?,42?,43+;12-,13-,14-,15?,16+;;;;;;;/m11......./s1/i11T,12T;8T;;;;;;;/t11-,12+,23?,24?,25?,26?,30?,31+,32+,33+,34+,35+,36+,37?,38?,39?,40?,41?,42?,43-;8-,12+,13+,14+,15?,16-;;;;;;;/m00........ The summed E-state index contributed by atoms with van der Waals surface area (Å²) in [5, 5.41) is 82.8. The van der Waals surface area contributed by atoms with Crippen LogP contribution in [0.2, 0.25) is 0 Å². The number of benzene rings is 2. The number of phosphoric acid groups is 3. The summed E-state index contributed by atoms with van der Waals surface area (Å²) in [6.45, 7) is 2.04. The number of hydrogen-bond donors (Lipinski definition) is 8. The quantitative estimate of drug-likeness (QED) is 0.00793. The van der Waals surface area contributed by atoms with Crippen LogP contribution in [0, 0.1) is 161 Å². The van der Waals surface area contributed by atoms with Gasteiger partial charge in [-0.25, -0.2) is 28.7 Å². The number of aliphatic hydroxyl groups is 6. The zero-order valence-corrected chi connectivity index (χ0v) is 89.9. The summed E-state index contributed by atoms with van der Waals surface area (Å²) >= 11 is 0. The summed E-state index contributed by atoms with van der Waals surface area (Å²) in [4.78, 5) is 165. The summed E-state index contributed by atoms with van der Waals surface area (Å²) in [6, 6.07) is 6.55. The first-order chi connectivity index (χ1) is 60.7. The van der Waals surface area contributed by atoms with Crippen LogP contribution in [0.4, 0.5) is 22.7 Å². The Morgan fingerprint density at radius 3 is 1.22 bits per heavy atom. The van der Waals surface area contributed by atoms with Crippen LogP contribution in [0.3, 0.4) is 0 Å². The third kappa shape index (κ3) is 28.8. The molecule has 0 aromatic heterocycles. The van der Waals surface area contributed by atoms with Gasteiger partial charge >= 0.3 is 74.8 Å². The molecular formula is C79H95N4Na2O40P3U3-4. The van der Waals surface area contributed by atoms with Gasteiger partial charge in [-0.3, -0.25) is 61.0 Å². The molecule has 10 aliphatic heterocycles. The second kappa shape index (κ2) is 52.6. The van der Waals surface area contributed by atoms with Gasteiger partial charge in [0.15, 0.2) is 0 Å². The van der Waals surface area contributed by atoms with Gasteiger partial charge < -0.3 is 122 Å². The van der Waals surface area contributed by atoms with Crippen molar-refractivity contribution in [3.05, 3.63) is 140 Å². The Morgan fingerprint density at radius 1 is 0.496 bits per heavy atom. The predicted octanol–water partition coefficient (Wildman–Crippen LogP) is -8.36. The maximum atomic E-state index is 14.6. The number of nitrogens with zero attached hydrogens (tertiary/aromatic N) is 4. The van der Waals surface area contributed by atoms with Gasteiger partial charge in [-0.05, 0) is 105 Å². The van der Waals surface area contributed by atoms with Crippen LogP contribution < -0.4 is 93.8 Å². The summed E-state index contributed by atoms with van der Waals surface area (Å²) in [5.41, 5.74) is -1.63. The van der Waals surface area contributed by atoms with Crippen molar-refractivity contribution < 1.29 is 349 Å². The number of carbonyl (C=O) groups is 10. The average Bonchev–Trinajstić information content (AvgIpc) is 1.58.